The number of aromatic amines is 1. The van der Waals surface area contributed by atoms with E-state index in [2.05, 4.69) is 25.3 Å². The number of nitrogens with zero attached hydrogens (tertiary/aromatic N) is 6. The van der Waals surface area contributed by atoms with Gasteiger partial charge in [0, 0.05) is 61.8 Å². The predicted molar refractivity (Wildman–Crippen MR) is 140 cm³/mol. The molecule has 12 nitrogen and oxygen atoms in total. The highest BCUT2D eigenvalue weighted by Gasteiger charge is 2.25. The first-order valence-electron chi connectivity index (χ1n) is 11.3. The Balaban J connectivity index is 1.52. The molecule has 0 saturated carbocycles. The Morgan fingerprint density at radius 3 is 2.73 bits per heavy atom. The lowest BCUT2D eigenvalue weighted by Crippen LogP contribution is -2.39. The fourth-order valence-electron chi connectivity index (χ4n) is 3.86. The quantitative estimate of drug-likeness (QED) is 0.285. The Hall–Kier alpha value is -4.45. The average molecular weight is 524 g/mol. The van der Waals surface area contributed by atoms with E-state index in [4.69, 9.17) is 17.3 Å². The second-order valence-corrected chi connectivity index (χ2v) is 8.87. The highest BCUT2D eigenvalue weighted by atomic mass is 35.5. The van der Waals surface area contributed by atoms with Gasteiger partial charge in [-0.05, 0) is 24.3 Å². The standard InChI is InChI=1S/C24H26ClN9O3/c1-32(12-14-11-15-16(25)5-4-6-17(15)28-14)24(37)34(3)22-18(13-35)33(2)23(31-22)30-21-9-10-27-20(29-21)8-7-19(26)36/h4-6,9-11,13,28H,7-8,12H2,1-3H3,(H2,26,36)(H,27,29,30,31). The van der Waals surface area contributed by atoms with Gasteiger partial charge in [0.05, 0.1) is 6.54 Å². The molecule has 0 unspecified atom stereocenters. The first kappa shape index (κ1) is 25.6. The van der Waals surface area contributed by atoms with Gasteiger partial charge in [-0.2, -0.15) is 4.98 Å². The van der Waals surface area contributed by atoms with E-state index >= 15 is 0 Å². The number of nitrogens with one attached hydrogen (secondary N) is 2. The topological polar surface area (TPSA) is 155 Å². The fourth-order valence-corrected chi connectivity index (χ4v) is 4.09. The van der Waals surface area contributed by atoms with Crippen LogP contribution < -0.4 is 16.0 Å². The Labute approximate surface area is 217 Å². The summed E-state index contributed by atoms with van der Waals surface area (Å²) < 4.78 is 1.52. The number of aldehydes is 1. The summed E-state index contributed by atoms with van der Waals surface area (Å²) in [5.41, 5.74) is 7.08. The molecule has 0 aliphatic heterocycles. The molecule has 4 rings (SSSR count). The molecule has 1 aromatic carbocycles. The molecule has 0 saturated heterocycles. The molecule has 3 heterocycles. The number of imidazole rings is 1. The number of H-pyrrole nitrogens is 1. The van der Waals surface area contributed by atoms with Crippen LogP contribution in [0.3, 0.4) is 0 Å². The van der Waals surface area contributed by atoms with Crippen LogP contribution in [0, 0.1) is 0 Å². The first-order chi connectivity index (χ1) is 17.7. The van der Waals surface area contributed by atoms with Gasteiger partial charge >= 0.3 is 6.03 Å². The van der Waals surface area contributed by atoms with E-state index in [0.717, 1.165) is 16.6 Å². The highest BCUT2D eigenvalue weighted by Crippen LogP contribution is 2.26. The Morgan fingerprint density at radius 2 is 2.03 bits per heavy atom. The van der Waals surface area contributed by atoms with Gasteiger partial charge in [-0.3, -0.25) is 14.5 Å². The van der Waals surface area contributed by atoms with Crippen LogP contribution in [0.2, 0.25) is 5.02 Å². The largest absolute Gasteiger partial charge is 0.370 e. The number of carbonyl (C=O) groups excluding carboxylic acids is 3. The van der Waals surface area contributed by atoms with Crippen molar-refractivity contribution >= 4 is 58.3 Å². The van der Waals surface area contributed by atoms with E-state index in [9.17, 15) is 14.4 Å². The number of aromatic nitrogens is 5. The SMILES string of the molecule is CN(Cc1cc2c(Cl)cccc2[nH]1)C(=O)N(C)c1nc(Nc2ccnc(CCC(N)=O)n2)n(C)c1C=O. The number of hydrogen-bond donors (Lipinski definition) is 3. The maximum atomic E-state index is 13.2. The number of anilines is 3. The minimum Gasteiger partial charge on any atom is -0.370 e. The number of fused-ring (bicyclic) bond motifs is 1. The number of urea groups is 1. The number of carbonyl (C=O) groups is 3. The van der Waals surface area contributed by atoms with Crippen LogP contribution in [0.5, 0.6) is 0 Å². The number of amides is 3. The number of nitrogens with two attached hydrogens (primary N) is 1. The minimum atomic E-state index is -0.447. The number of aryl methyl sites for hydroxylation is 1. The zero-order valence-electron chi connectivity index (χ0n) is 20.5. The fraction of sp³-hybridized carbons (Fsp3) is 0.250. The summed E-state index contributed by atoms with van der Waals surface area (Å²) in [6.07, 6.45) is 2.59. The van der Waals surface area contributed by atoms with E-state index in [1.165, 1.54) is 20.6 Å². The van der Waals surface area contributed by atoms with E-state index in [-0.39, 0.29) is 30.5 Å². The van der Waals surface area contributed by atoms with Crippen LogP contribution in [0.4, 0.5) is 22.4 Å². The third kappa shape index (κ3) is 5.54. The normalized spacial score (nSPS) is 10.9. The number of rotatable bonds is 9. The van der Waals surface area contributed by atoms with E-state index in [0.29, 0.717) is 35.3 Å². The number of hydrogen-bond acceptors (Lipinski definition) is 7. The van der Waals surface area contributed by atoms with Gasteiger partial charge in [-0.25, -0.2) is 14.8 Å². The van der Waals surface area contributed by atoms with Crippen molar-refractivity contribution < 1.29 is 14.4 Å². The Morgan fingerprint density at radius 1 is 1.24 bits per heavy atom. The second-order valence-electron chi connectivity index (χ2n) is 8.46. The highest BCUT2D eigenvalue weighted by molar-refractivity contribution is 6.35. The summed E-state index contributed by atoms with van der Waals surface area (Å²) in [6, 6.07) is 8.73. The molecule has 4 N–H and O–H groups in total. The van der Waals surface area contributed by atoms with Crippen molar-refractivity contribution in [1.29, 1.82) is 0 Å². The van der Waals surface area contributed by atoms with Crippen LogP contribution >= 0.6 is 11.6 Å². The second kappa shape index (κ2) is 10.7. The van der Waals surface area contributed by atoms with Gasteiger partial charge in [0.25, 0.3) is 0 Å². The van der Waals surface area contributed by atoms with E-state index in [1.54, 1.807) is 33.3 Å². The van der Waals surface area contributed by atoms with Crippen LogP contribution in [-0.2, 0) is 24.8 Å². The van der Waals surface area contributed by atoms with E-state index in [1.807, 2.05) is 18.2 Å². The number of primary amides is 1. The number of halogens is 1. The summed E-state index contributed by atoms with van der Waals surface area (Å²) in [5.74, 6) is 0.872. The molecule has 13 heteroatoms. The summed E-state index contributed by atoms with van der Waals surface area (Å²) in [4.78, 5) is 55.2. The van der Waals surface area contributed by atoms with Crippen LogP contribution in [0.15, 0.2) is 36.5 Å². The minimum absolute atomic E-state index is 0.122. The summed E-state index contributed by atoms with van der Waals surface area (Å²) in [6.45, 7) is 0.289. The third-order valence-corrected chi connectivity index (χ3v) is 6.11. The molecule has 0 bridgehead atoms. The smallest absolute Gasteiger partial charge is 0.325 e. The van der Waals surface area contributed by atoms with Crippen molar-refractivity contribution in [2.24, 2.45) is 12.8 Å². The molecule has 3 aromatic heterocycles. The maximum absolute atomic E-state index is 13.2. The Kier molecular flexibility index (Phi) is 7.39. The predicted octanol–water partition coefficient (Wildman–Crippen LogP) is 3.01. The van der Waals surface area contributed by atoms with Crippen molar-refractivity contribution in [3.63, 3.8) is 0 Å². The monoisotopic (exact) mass is 523 g/mol. The van der Waals surface area contributed by atoms with Gasteiger partial charge in [0.2, 0.25) is 11.9 Å². The lowest BCUT2D eigenvalue weighted by Gasteiger charge is -2.23. The van der Waals surface area contributed by atoms with Crippen LogP contribution in [0.1, 0.15) is 28.4 Å². The molecule has 37 heavy (non-hydrogen) atoms. The molecule has 192 valence electrons. The van der Waals surface area contributed by atoms with E-state index < -0.39 is 5.91 Å². The van der Waals surface area contributed by atoms with Crippen molar-refractivity contribution in [1.82, 2.24) is 29.4 Å². The lowest BCUT2D eigenvalue weighted by atomic mass is 10.2. The van der Waals surface area contributed by atoms with Crippen molar-refractivity contribution in [3.05, 3.63) is 58.8 Å². The molecule has 0 spiro atoms. The van der Waals surface area contributed by atoms with Crippen LogP contribution in [-0.4, -0.2) is 61.7 Å². The maximum Gasteiger partial charge on any atom is 0.325 e. The molecule has 3 amide bonds. The molecule has 0 aliphatic rings. The van der Waals surface area contributed by atoms with Crippen LogP contribution in [0.25, 0.3) is 10.9 Å². The zero-order valence-corrected chi connectivity index (χ0v) is 21.3. The van der Waals surface area contributed by atoms with Gasteiger partial charge in [0.1, 0.15) is 17.3 Å². The summed E-state index contributed by atoms with van der Waals surface area (Å²) in [7, 11) is 4.85. The van der Waals surface area contributed by atoms with Gasteiger partial charge in [-0.15, -0.1) is 0 Å². The molecule has 0 aliphatic carbocycles. The van der Waals surface area contributed by atoms with Crippen molar-refractivity contribution in [3.8, 4) is 0 Å². The Bertz CT molecular complexity index is 1480. The molecule has 0 fully saturated rings. The molecular formula is C24H26ClN9O3. The average Bonchev–Trinajstić information content (AvgIpc) is 3.43. The zero-order chi connectivity index (χ0) is 26.7. The number of benzene rings is 1. The molecule has 0 radical (unpaired) electrons. The third-order valence-electron chi connectivity index (χ3n) is 5.78. The van der Waals surface area contributed by atoms with Crippen molar-refractivity contribution in [2.45, 2.75) is 19.4 Å². The van der Waals surface area contributed by atoms with Gasteiger partial charge in [-0.1, -0.05) is 17.7 Å². The molecule has 0 atom stereocenters. The first-order valence-corrected chi connectivity index (χ1v) is 11.7. The summed E-state index contributed by atoms with van der Waals surface area (Å²) >= 11 is 6.26. The molecular weight excluding hydrogens is 498 g/mol. The molecule has 4 aromatic rings. The van der Waals surface area contributed by atoms with Gasteiger partial charge < -0.3 is 25.5 Å². The lowest BCUT2D eigenvalue weighted by molar-refractivity contribution is -0.118. The van der Waals surface area contributed by atoms with Gasteiger partial charge in [0.15, 0.2) is 12.1 Å². The summed E-state index contributed by atoms with van der Waals surface area (Å²) in [5, 5.41) is 4.53. The van der Waals surface area contributed by atoms with Crippen molar-refractivity contribution in [2.75, 3.05) is 24.3 Å².